The molecule has 0 spiro atoms. The lowest BCUT2D eigenvalue weighted by Crippen LogP contribution is -2.52. The van der Waals surface area contributed by atoms with Crippen molar-refractivity contribution in [2.45, 2.75) is 57.5 Å². The first-order valence-electron chi connectivity index (χ1n) is 14.8. The number of piperidine rings is 1. The maximum absolute atomic E-state index is 12.4. The Kier molecular flexibility index (Phi) is 9.39. The fourth-order valence-electron chi connectivity index (χ4n) is 6.17. The van der Waals surface area contributed by atoms with Gasteiger partial charge in [-0.25, -0.2) is 9.97 Å². The summed E-state index contributed by atoms with van der Waals surface area (Å²) < 4.78 is 11.4. The highest BCUT2D eigenvalue weighted by molar-refractivity contribution is 5.92. The molecule has 4 heterocycles. The molecule has 0 radical (unpaired) electrons. The van der Waals surface area contributed by atoms with E-state index in [2.05, 4.69) is 50.2 Å². The highest BCUT2D eigenvalue weighted by Crippen LogP contribution is 2.33. The van der Waals surface area contributed by atoms with Gasteiger partial charge in [-0.2, -0.15) is 0 Å². The van der Waals surface area contributed by atoms with Gasteiger partial charge in [0.2, 0.25) is 0 Å². The number of hydrogen-bond donors (Lipinski definition) is 2. The molecule has 3 N–H and O–H groups in total. The number of aromatic nitrogens is 2. The van der Waals surface area contributed by atoms with Gasteiger partial charge in [0.05, 0.1) is 24.2 Å². The highest BCUT2D eigenvalue weighted by atomic mass is 16.5. The van der Waals surface area contributed by atoms with Crippen LogP contribution >= 0.6 is 0 Å². The first kappa shape index (κ1) is 28.6. The number of likely N-dealkylation sites (N-methyl/N-ethyl adjacent to an activating group) is 1. The first-order chi connectivity index (χ1) is 19.4. The number of carbonyl (C=O) groups is 1. The molecule has 10 heteroatoms. The van der Waals surface area contributed by atoms with Gasteiger partial charge < -0.3 is 30.3 Å². The number of anilines is 2. The Balaban J connectivity index is 1.31. The predicted octanol–water partition coefficient (Wildman–Crippen LogP) is 2.54. The van der Waals surface area contributed by atoms with E-state index >= 15 is 0 Å². The minimum atomic E-state index is -0.554. The Labute approximate surface area is 238 Å². The smallest absolute Gasteiger partial charge is 0.269 e. The van der Waals surface area contributed by atoms with E-state index in [0.717, 1.165) is 80.7 Å². The van der Waals surface area contributed by atoms with Crippen molar-refractivity contribution in [3.8, 4) is 5.75 Å². The van der Waals surface area contributed by atoms with Crippen molar-refractivity contribution in [2.24, 2.45) is 5.73 Å². The second-order valence-electron chi connectivity index (χ2n) is 11.3. The van der Waals surface area contributed by atoms with Crippen LogP contribution in [0.1, 0.15) is 60.0 Å². The van der Waals surface area contributed by atoms with E-state index < -0.39 is 5.91 Å². The fourth-order valence-corrected chi connectivity index (χ4v) is 6.17. The zero-order valence-corrected chi connectivity index (χ0v) is 24.3. The Morgan fingerprint density at radius 1 is 1.05 bits per heavy atom. The van der Waals surface area contributed by atoms with Gasteiger partial charge >= 0.3 is 0 Å². The number of nitrogens with zero attached hydrogens (tertiary/aromatic N) is 5. The summed E-state index contributed by atoms with van der Waals surface area (Å²) >= 11 is 0. The molecular formula is C30H45N7O3. The van der Waals surface area contributed by atoms with Crippen LogP contribution in [-0.4, -0.2) is 104 Å². The van der Waals surface area contributed by atoms with E-state index in [1.54, 1.807) is 7.11 Å². The Morgan fingerprint density at radius 3 is 2.42 bits per heavy atom. The van der Waals surface area contributed by atoms with Crippen molar-refractivity contribution in [3.63, 3.8) is 0 Å². The molecule has 5 rings (SSSR count). The van der Waals surface area contributed by atoms with E-state index in [1.807, 2.05) is 6.92 Å². The highest BCUT2D eigenvalue weighted by Gasteiger charge is 2.28. The minimum absolute atomic E-state index is 0.239. The molecule has 3 saturated heterocycles. The van der Waals surface area contributed by atoms with Crippen molar-refractivity contribution in [2.75, 3.05) is 76.9 Å². The van der Waals surface area contributed by atoms with Crippen LogP contribution in [0, 0.1) is 0 Å². The van der Waals surface area contributed by atoms with Crippen molar-refractivity contribution in [1.82, 2.24) is 19.8 Å². The second kappa shape index (κ2) is 13.1. The largest absolute Gasteiger partial charge is 0.495 e. The molecule has 1 aromatic carbocycles. The number of methoxy groups -OCH3 is 1. The molecule has 0 atom stereocenters. The molecule has 1 aromatic heterocycles. The average molecular weight is 552 g/mol. The number of primary amides is 1. The van der Waals surface area contributed by atoms with Gasteiger partial charge in [-0.05, 0) is 56.8 Å². The zero-order chi connectivity index (χ0) is 28.1. The number of benzene rings is 1. The van der Waals surface area contributed by atoms with Crippen LogP contribution in [0.2, 0.25) is 0 Å². The lowest BCUT2D eigenvalue weighted by molar-refractivity contribution is 0.0903. The second-order valence-corrected chi connectivity index (χ2v) is 11.3. The number of ether oxygens (including phenoxy) is 2. The van der Waals surface area contributed by atoms with E-state index in [9.17, 15) is 4.79 Å². The zero-order valence-electron chi connectivity index (χ0n) is 24.3. The Hall–Kier alpha value is -2.95. The van der Waals surface area contributed by atoms with Crippen molar-refractivity contribution < 1.29 is 14.3 Å². The number of aryl methyl sites for hydroxylation is 1. The normalized spacial score (nSPS) is 20.0. The number of amides is 1. The summed E-state index contributed by atoms with van der Waals surface area (Å²) in [5.41, 5.74) is 9.47. The molecule has 218 valence electrons. The SMILES string of the molecule is CCc1nc(C(N)=O)c(Cc2ccc(N3CCC(N4CCN(C)CC4)CC3)c(OC)c2)nc1NC1CCOCC1. The molecule has 2 aromatic rings. The van der Waals surface area contributed by atoms with Gasteiger partial charge in [0.25, 0.3) is 5.91 Å². The summed E-state index contributed by atoms with van der Waals surface area (Å²) in [7, 11) is 3.93. The molecule has 10 nitrogen and oxygen atoms in total. The number of nitrogens with two attached hydrogens (primary N) is 1. The molecule has 1 amide bonds. The van der Waals surface area contributed by atoms with Crippen LogP contribution in [0.5, 0.6) is 5.75 Å². The monoisotopic (exact) mass is 551 g/mol. The third-order valence-electron chi connectivity index (χ3n) is 8.65. The van der Waals surface area contributed by atoms with Crippen LogP contribution in [0.25, 0.3) is 0 Å². The number of carbonyl (C=O) groups excluding carboxylic acids is 1. The quantitative estimate of drug-likeness (QED) is 0.486. The first-order valence-corrected chi connectivity index (χ1v) is 14.8. The maximum Gasteiger partial charge on any atom is 0.269 e. The van der Waals surface area contributed by atoms with Gasteiger partial charge in [0.15, 0.2) is 0 Å². The van der Waals surface area contributed by atoms with Gasteiger partial charge in [-0.3, -0.25) is 9.69 Å². The number of nitrogens with one attached hydrogen (secondary N) is 1. The third kappa shape index (κ3) is 6.67. The fraction of sp³-hybridized carbons (Fsp3) is 0.633. The lowest BCUT2D eigenvalue weighted by atomic mass is 10.0. The van der Waals surface area contributed by atoms with E-state index in [-0.39, 0.29) is 11.7 Å². The third-order valence-corrected chi connectivity index (χ3v) is 8.65. The van der Waals surface area contributed by atoms with E-state index in [0.29, 0.717) is 24.6 Å². The standard InChI is InChI=1S/C30H45N7O3/c1-4-24-30(32-22-9-17-40-18-10-22)34-25(28(33-24)29(31)38)19-21-5-6-26(27(20-21)39-3)37-11-7-23(8-12-37)36-15-13-35(2)14-16-36/h5-6,20,22-23H,4,7-19H2,1-3H3,(H2,31,38)(H,32,34). The van der Waals surface area contributed by atoms with Crippen LogP contribution in [0.3, 0.4) is 0 Å². The van der Waals surface area contributed by atoms with Crippen molar-refractivity contribution in [3.05, 3.63) is 40.8 Å². The molecule has 0 unspecified atom stereocenters. The van der Waals surface area contributed by atoms with Crippen LogP contribution < -0.4 is 20.7 Å². The molecule has 3 fully saturated rings. The maximum atomic E-state index is 12.4. The van der Waals surface area contributed by atoms with Gasteiger partial charge in [0.1, 0.15) is 17.3 Å². The van der Waals surface area contributed by atoms with Gasteiger partial charge in [-0.15, -0.1) is 0 Å². The summed E-state index contributed by atoms with van der Waals surface area (Å²) in [4.78, 5) is 29.5. The molecule has 0 saturated carbocycles. The molecule has 3 aliphatic rings. The Bertz CT molecular complexity index is 1150. The van der Waals surface area contributed by atoms with Crippen LogP contribution in [0.15, 0.2) is 18.2 Å². The number of hydrogen-bond acceptors (Lipinski definition) is 9. The summed E-state index contributed by atoms with van der Waals surface area (Å²) in [6, 6.07) is 7.25. The van der Waals surface area contributed by atoms with Gasteiger partial charge in [0, 0.05) is 71.0 Å². The summed E-state index contributed by atoms with van der Waals surface area (Å²) in [5.74, 6) is 1.03. The summed E-state index contributed by atoms with van der Waals surface area (Å²) in [5, 5.41) is 3.55. The van der Waals surface area contributed by atoms with Gasteiger partial charge in [-0.1, -0.05) is 13.0 Å². The van der Waals surface area contributed by atoms with Crippen molar-refractivity contribution >= 4 is 17.4 Å². The topological polar surface area (TPSA) is 109 Å². The number of piperazine rings is 1. The lowest BCUT2D eigenvalue weighted by Gasteiger charge is -2.42. The van der Waals surface area contributed by atoms with Crippen LogP contribution in [-0.2, 0) is 17.6 Å². The number of rotatable bonds is 9. The average Bonchev–Trinajstić information content (AvgIpc) is 2.98. The van der Waals surface area contributed by atoms with E-state index in [1.165, 1.54) is 25.9 Å². The molecule has 3 aliphatic heterocycles. The van der Waals surface area contributed by atoms with E-state index in [4.69, 9.17) is 20.2 Å². The molecule has 40 heavy (non-hydrogen) atoms. The molecule has 0 bridgehead atoms. The molecular weight excluding hydrogens is 506 g/mol. The Morgan fingerprint density at radius 2 is 1.77 bits per heavy atom. The van der Waals surface area contributed by atoms with Crippen molar-refractivity contribution in [1.29, 1.82) is 0 Å². The van der Waals surface area contributed by atoms with Crippen LogP contribution in [0.4, 0.5) is 11.5 Å². The molecule has 0 aliphatic carbocycles. The minimum Gasteiger partial charge on any atom is -0.495 e. The summed E-state index contributed by atoms with van der Waals surface area (Å²) in [6.07, 6.45) is 5.27. The summed E-state index contributed by atoms with van der Waals surface area (Å²) in [6.45, 7) is 10.2. The predicted molar refractivity (Wildman–Crippen MR) is 157 cm³/mol.